The minimum absolute atomic E-state index is 0.687. The second-order valence-corrected chi connectivity index (χ2v) is 5.51. The molecule has 1 aliphatic rings. The van der Waals surface area contributed by atoms with Gasteiger partial charge in [-0.05, 0) is 46.6 Å². The van der Waals surface area contributed by atoms with Gasteiger partial charge in [0.2, 0.25) is 0 Å². The zero-order valence-corrected chi connectivity index (χ0v) is 12.7. The molecular formula is C15H15BrN2O2. The van der Waals surface area contributed by atoms with Crippen LogP contribution >= 0.6 is 15.9 Å². The van der Waals surface area contributed by atoms with Gasteiger partial charge in [0.15, 0.2) is 11.5 Å². The molecule has 1 aromatic heterocycles. The maximum Gasteiger partial charge on any atom is 0.163 e. The highest BCUT2D eigenvalue weighted by Gasteiger charge is 2.11. The number of hydrogen-bond acceptors (Lipinski definition) is 4. The number of aromatic nitrogens is 1. The number of pyridine rings is 1. The smallest absolute Gasteiger partial charge is 0.163 e. The van der Waals surface area contributed by atoms with E-state index in [-0.39, 0.29) is 0 Å². The molecule has 0 fully saturated rings. The number of nitrogens with zero attached hydrogens (tertiary/aromatic N) is 1. The van der Waals surface area contributed by atoms with E-state index >= 15 is 0 Å². The predicted molar refractivity (Wildman–Crippen MR) is 82.0 cm³/mol. The lowest BCUT2D eigenvalue weighted by atomic mass is 10.2. The molecule has 5 heteroatoms. The second-order valence-electron chi connectivity index (χ2n) is 4.66. The van der Waals surface area contributed by atoms with E-state index < -0.39 is 0 Å². The highest BCUT2D eigenvalue weighted by Crippen LogP contribution is 2.33. The number of anilines is 2. The first-order valence-corrected chi connectivity index (χ1v) is 7.30. The average molecular weight is 335 g/mol. The molecular weight excluding hydrogens is 320 g/mol. The van der Waals surface area contributed by atoms with E-state index in [2.05, 4.69) is 26.2 Å². The maximum absolute atomic E-state index is 5.68. The summed E-state index contributed by atoms with van der Waals surface area (Å²) in [6.45, 7) is 3.42. The van der Waals surface area contributed by atoms with Crippen molar-refractivity contribution >= 4 is 27.4 Å². The molecule has 4 nitrogen and oxygen atoms in total. The molecule has 0 bridgehead atoms. The summed E-state index contributed by atoms with van der Waals surface area (Å²) in [5, 5.41) is 3.27. The fraction of sp³-hybridized carbons (Fsp3) is 0.267. The summed E-state index contributed by atoms with van der Waals surface area (Å²) in [7, 11) is 0. The van der Waals surface area contributed by atoms with Crippen molar-refractivity contribution in [3.63, 3.8) is 0 Å². The van der Waals surface area contributed by atoms with Gasteiger partial charge in [0.25, 0.3) is 0 Å². The zero-order valence-electron chi connectivity index (χ0n) is 11.1. The van der Waals surface area contributed by atoms with Crippen LogP contribution in [0, 0.1) is 6.92 Å². The summed E-state index contributed by atoms with van der Waals surface area (Å²) >= 11 is 3.45. The summed E-state index contributed by atoms with van der Waals surface area (Å²) in [4.78, 5) is 4.33. The van der Waals surface area contributed by atoms with Gasteiger partial charge in [-0.25, -0.2) is 4.98 Å². The molecule has 0 spiro atoms. The zero-order chi connectivity index (χ0) is 13.9. The molecule has 1 aliphatic heterocycles. The van der Waals surface area contributed by atoms with E-state index in [0.717, 1.165) is 39.5 Å². The van der Waals surface area contributed by atoms with Gasteiger partial charge in [0.05, 0.1) is 13.2 Å². The standard InChI is InChI=1S/C15H15BrN2O2/c1-10-7-15(17-9-12(10)16)18-11-3-4-13-14(8-11)20-6-2-5-19-13/h3-4,7-9H,2,5-6H2,1H3,(H,17,18). The lowest BCUT2D eigenvalue weighted by Gasteiger charge is -2.11. The molecule has 3 rings (SSSR count). The molecule has 2 aromatic rings. The van der Waals surface area contributed by atoms with Gasteiger partial charge in [0, 0.05) is 28.8 Å². The van der Waals surface area contributed by atoms with Crippen molar-refractivity contribution in [2.45, 2.75) is 13.3 Å². The second kappa shape index (κ2) is 5.71. The van der Waals surface area contributed by atoms with Gasteiger partial charge in [-0.3, -0.25) is 0 Å². The summed E-state index contributed by atoms with van der Waals surface area (Å²) in [5.74, 6) is 2.38. The van der Waals surface area contributed by atoms with E-state index in [1.54, 1.807) is 6.20 Å². The third-order valence-electron chi connectivity index (χ3n) is 3.07. The minimum atomic E-state index is 0.687. The molecule has 0 radical (unpaired) electrons. The number of fused-ring (bicyclic) bond motifs is 1. The van der Waals surface area contributed by atoms with Crippen LogP contribution in [0.1, 0.15) is 12.0 Å². The summed E-state index contributed by atoms with van der Waals surface area (Å²) in [6, 6.07) is 7.83. The van der Waals surface area contributed by atoms with Gasteiger partial charge in [-0.15, -0.1) is 0 Å². The molecule has 20 heavy (non-hydrogen) atoms. The first-order chi connectivity index (χ1) is 9.72. The van der Waals surface area contributed by atoms with Crippen LogP contribution in [-0.4, -0.2) is 18.2 Å². The number of ether oxygens (including phenoxy) is 2. The van der Waals surface area contributed by atoms with Crippen molar-refractivity contribution in [2.75, 3.05) is 18.5 Å². The quantitative estimate of drug-likeness (QED) is 0.899. The Bertz CT molecular complexity index is 631. The summed E-state index contributed by atoms with van der Waals surface area (Å²) in [5.41, 5.74) is 2.07. The third-order valence-corrected chi connectivity index (χ3v) is 3.90. The van der Waals surface area contributed by atoms with Gasteiger partial charge >= 0.3 is 0 Å². The van der Waals surface area contributed by atoms with Crippen molar-refractivity contribution in [3.8, 4) is 11.5 Å². The molecule has 1 aromatic carbocycles. The van der Waals surface area contributed by atoms with Gasteiger partial charge in [0.1, 0.15) is 5.82 Å². The van der Waals surface area contributed by atoms with Crippen LogP contribution in [0.5, 0.6) is 11.5 Å². The number of aryl methyl sites for hydroxylation is 1. The number of rotatable bonds is 2. The Hall–Kier alpha value is -1.75. The van der Waals surface area contributed by atoms with Crippen LogP contribution in [-0.2, 0) is 0 Å². The number of nitrogens with one attached hydrogen (secondary N) is 1. The molecule has 0 saturated heterocycles. The van der Waals surface area contributed by atoms with E-state index in [1.807, 2.05) is 31.2 Å². The molecule has 0 aliphatic carbocycles. The van der Waals surface area contributed by atoms with Crippen molar-refractivity contribution in [1.29, 1.82) is 0 Å². The molecule has 1 N–H and O–H groups in total. The molecule has 2 heterocycles. The van der Waals surface area contributed by atoms with Crippen LogP contribution in [0.2, 0.25) is 0 Å². The Morgan fingerprint density at radius 3 is 2.75 bits per heavy atom. The number of halogens is 1. The highest BCUT2D eigenvalue weighted by atomic mass is 79.9. The average Bonchev–Trinajstić information content (AvgIpc) is 2.68. The van der Waals surface area contributed by atoms with Gasteiger partial charge in [-0.2, -0.15) is 0 Å². The third kappa shape index (κ3) is 2.88. The van der Waals surface area contributed by atoms with E-state index in [4.69, 9.17) is 9.47 Å². The first kappa shape index (κ1) is 13.2. The van der Waals surface area contributed by atoms with Crippen LogP contribution in [0.15, 0.2) is 34.9 Å². The molecule has 0 amide bonds. The SMILES string of the molecule is Cc1cc(Nc2ccc3c(c2)OCCCO3)ncc1Br. The van der Waals surface area contributed by atoms with E-state index in [1.165, 1.54) is 0 Å². The van der Waals surface area contributed by atoms with Crippen LogP contribution in [0.3, 0.4) is 0 Å². The maximum atomic E-state index is 5.68. The predicted octanol–water partition coefficient (Wildman–Crippen LogP) is 4.06. The Morgan fingerprint density at radius 2 is 1.95 bits per heavy atom. The lowest BCUT2D eigenvalue weighted by molar-refractivity contribution is 0.297. The molecule has 0 unspecified atom stereocenters. The topological polar surface area (TPSA) is 43.4 Å². The van der Waals surface area contributed by atoms with E-state index in [9.17, 15) is 0 Å². The summed E-state index contributed by atoms with van der Waals surface area (Å²) < 4.78 is 12.3. The van der Waals surface area contributed by atoms with Gasteiger partial charge in [-0.1, -0.05) is 0 Å². The molecule has 104 valence electrons. The molecule has 0 saturated carbocycles. The monoisotopic (exact) mass is 334 g/mol. The molecule has 0 atom stereocenters. The normalized spacial score (nSPS) is 13.7. The highest BCUT2D eigenvalue weighted by molar-refractivity contribution is 9.10. The number of hydrogen-bond donors (Lipinski definition) is 1. The Balaban J connectivity index is 1.83. The lowest BCUT2D eigenvalue weighted by Crippen LogP contribution is -1.97. The Morgan fingerprint density at radius 1 is 1.15 bits per heavy atom. The Kier molecular flexibility index (Phi) is 3.78. The fourth-order valence-corrected chi connectivity index (χ4v) is 2.21. The fourth-order valence-electron chi connectivity index (χ4n) is 2.00. The van der Waals surface area contributed by atoms with Crippen molar-refractivity contribution in [1.82, 2.24) is 4.98 Å². The van der Waals surface area contributed by atoms with Crippen molar-refractivity contribution in [2.24, 2.45) is 0 Å². The van der Waals surface area contributed by atoms with E-state index in [0.29, 0.717) is 13.2 Å². The first-order valence-electron chi connectivity index (χ1n) is 6.51. The largest absolute Gasteiger partial charge is 0.490 e. The van der Waals surface area contributed by atoms with Crippen LogP contribution in [0.4, 0.5) is 11.5 Å². The Labute approximate surface area is 126 Å². The van der Waals surface area contributed by atoms with Crippen molar-refractivity contribution in [3.05, 3.63) is 40.5 Å². The number of benzene rings is 1. The van der Waals surface area contributed by atoms with Crippen molar-refractivity contribution < 1.29 is 9.47 Å². The van der Waals surface area contributed by atoms with Crippen LogP contribution < -0.4 is 14.8 Å². The summed E-state index contributed by atoms with van der Waals surface area (Å²) in [6.07, 6.45) is 2.70. The minimum Gasteiger partial charge on any atom is -0.490 e. The van der Waals surface area contributed by atoms with Crippen LogP contribution in [0.25, 0.3) is 0 Å². The van der Waals surface area contributed by atoms with Gasteiger partial charge < -0.3 is 14.8 Å².